The van der Waals surface area contributed by atoms with Crippen LogP contribution >= 0.6 is 0 Å². The number of hydrogen-bond acceptors (Lipinski definition) is 5. The maximum atomic E-state index is 12.9. The molecule has 32 heavy (non-hydrogen) atoms. The number of aromatic nitrogens is 2. The number of carbonyl (C=O) groups is 1. The van der Waals surface area contributed by atoms with Crippen molar-refractivity contribution >= 4 is 28.1 Å². The van der Waals surface area contributed by atoms with Crippen LogP contribution in [0.3, 0.4) is 0 Å². The molecular weight excluding hydrogens is 402 g/mol. The Hall–Kier alpha value is -3.48. The fourth-order valence-electron chi connectivity index (χ4n) is 4.11. The van der Waals surface area contributed by atoms with E-state index in [-0.39, 0.29) is 11.3 Å². The molecule has 0 aliphatic carbocycles. The van der Waals surface area contributed by atoms with E-state index in [1.807, 2.05) is 26.0 Å². The number of nitrogens with zero attached hydrogens (tertiary/aromatic N) is 4. The number of fused-ring (bicyclic) bond motifs is 1. The van der Waals surface area contributed by atoms with E-state index in [0.717, 1.165) is 18.7 Å². The summed E-state index contributed by atoms with van der Waals surface area (Å²) in [6.07, 6.45) is 5.09. The Morgan fingerprint density at radius 2 is 1.66 bits per heavy atom. The van der Waals surface area contributed by atoms with Crippen molar-refractivity contribution in [2.75, 3.05) is 18.0 Å². The van der Waals surface area contributed by atoms with E-state index in [2.05, 4.69) is 32.7 Å². The number of rotatable bonds is 5. The lowest BCUT2D eigenvalue weighted by Gasteiger charge is -2.22. The Labute approximate surface area is 187 Å². The highest BCUT2D eigenvalue weighted by Gasteiger charge is 2.16. The third kappa shape index (κ3) is 4.56. The number of anilines is 1. The first-order valence-corrected chi connectivity index (χ1v) is 11.3. The smallest absolute Gasteiger partial charge is 0.292 e. The molecule has 1 aliphatic heterocycles. The van der Waals surface area contributed by atoms with Gasteiger partial charge < -0.3 is 4.90 Å². The summed E-state index contributed by atoms with van der Waals surface area (Å²) < 4.78 is 1.30. The van der Waals surface area contributed by atoms with Gasteiger partial charge in [0.15, 0.2) is 5.69 Å². The fourth-order valence-corrected chi connectivity index (χ4v) is 4.11. The van der Waals surface area contributed by atoms with Gasteiger partial charge in [0.1, 0.15) is 0 Å². The molecule has 0 bridgehead atoms. The summed E-state index contributed by atoms with van der Waals surface area (Å²) in [5.74, 6) is -0.441. The van der Waals surface area contributed by atoms with Gasteiger partial charge in [0.05, 0.1) is 11.1 Å². The van der Waals surface area contributed by atoms with Gasteiger partial charge in [-0.15, -0.1) is 0 Å². The zero-order chi connectivity index (χ0) is 22.5. The van der Waals surface area contributed by atoms with E-state index < -0.39 is 5.91 Å². The van der Waals surface area contributed by atoms with Crippen LogP contribution in [0.2, 0.25) is 0 Å². The van der Waals surface area contributed by atoms with Crippen LogP contribution in [-0.4, -0.2) is 34.5 Å². The van der Waals surface area contributed by atoms with E-state index in [4.69, 9.17) is 0 Å². The molecule has 7 nitrogen and oxygen atoms in total. The van der Waals surface area contributed by atoms with Crippen LogP contribution in [-0.2, 0) is 6.54 Å². The van der Waals surface area contributed by atoms with Gasteiger partial charge >= 0.3 is 0 Å². The molecular formula is C25H29N5O2. The molecule has 0 atom stereocenters. The second-order valence-corrected chi connectivity index (χ2v) is 8.10. The lowest BCUT2D eigenvalue weighted by Crippen LogP contribution is -2.28. The minimum Gasteiger partial charge on any atom is -0.372 e. The number of nitrogens with one attached hydrogen (secondary N) is 1. The highest BCUT2D eigenvalue weighted by atomic mass is 16.2. The lowest BCUT2D eigenvalue weighted by molar-refractivity contribution is 0.0949. The molecule has 2 aromatic carbocycles. The molecule has 0 saturated carbocycles. The fraction of sp³-hybridized carbons (Fsp3) is 0.360. The predicted octanol–water partition coefficient (Wildman–Crippen LogP) is 3.95. The van der Waals surface area contributed by atoms with Gasteiger partial charge in [-0.3, -0.25) is 9.59 Å². The highest BCUT2D eigenvalue weighted by Crippen LogP contribution is 2.20. The summed E-state index contributed by atoms with van der Waals surface area (Å²) in [7, 11) is 0. The molecule has 0 radical (unpaired) electrons. The van der Waals surface area contributed by atoms with Crippen molar-refractivity contribution in [2.45, 2.75) is 46.1 Å². The van der Waals surface area contributed by atoms with Crippen molar-refractivity contribution in [2.24, 2.45) is 5.10 Å². The number of benzene rings is 2. The lowest BCUT2D eigenvalue weighted by atomic mass is 10.1. The van der Waals surface area contributed by atoms with Gasteiger partial charge in [-0.05, 0) is 50.5 Å². The van der Waals surface area contributed by atoms with Gasteiger partial charge in [-0.25, -0.2) is 10.1 Å². The molecule has 3 aromatic rings. The normalized spacial score (nSPS) is 14.9. The molecule has 0 unspecified atom stereocenters. The molecule has 166 valence electrons. The van der Waals surface area contributed by atoms with Crippen LogP contribution in [0.25, 0.3) is 10.8 Å². The highest BCUT2D eigenvalue weighted by molar-refractivity contribution is 6.06. The topological polar surface area (TPSA) is 79.6 Å². The number of hydrogen-bond donors (Lipinski definition) is 1. The van der Waals surface area contributed by atoms with Crippen molar-refractivity contribution in [1.82, 2.24) is 15.2 Å². The van der Waals surface area contributed by atoms with Crippen LogP contribution in [0.5, 0.6) is 0 Å². The summed E-state index contributed by atoms with van der Waals surface area (Å²) in [6, 6.07) is 15.3. The van der Waals surface area contributed by atoms with Crippen LogP contribution < -0.4 is 15.9 Å². The molecule has 1 aliphatic rings. The average molecular weight is 432 g/mol. The van der Waals surface area contributed by atoms with Crippen molar-refractivity contribution in [3.05, 3.63) is 70.1 Å². The van der Waals surface area contributed by atoms with Crippen molar-refractivity contribution in [3.63, 3.8) is 0 Å². The summed E-state index contributed by atoms with van der Waals surface area (Å²) in [5.41, 5.74) is 5.47. The largest absolute Gasteiger partial charge is 0.372 e. The van der Waals surface area contributed by atoms with Crippen molar-refractivity contribution in [1.29, 1.82) is 0 Å². The van der Waals surface area contributed by atoms with Crippen LogP contribution in [0.15, 0.2) is 58.4 Å². The molecule has 1 amide bonds. The predicted molar refractivity (Wildman–Crippen MR) is 128 cm³/mol. The minimum atomic E-state index is -0.441. The first-order valence-electron chi connectivity index (χ1n) is 11.3. The van der Waals surface area contributed by atoms with E-state index in [1.165, 1.54) is 36.1 Å². The van der Waals surface area contributed by atoms with Crippen LogP contribution in [0.4, 0.5) is 5.69 Å². The summed E-state index contributed by atoms with van der Waals surface area (Å²) >= 11 is 0. The molecule has 1 saturated heterocycles. The summed E-state index contributed by atoms with van der Waals surface area (Å²) in [5, 5.41) is 9.54. The second kappa shape index (κ2) is 9.77. The number of aryl methyl sites for hydroxylation is 1. The van der Waals surface area contributed by atoms with Gasteiger partial charge in [-0.2, -0.15) is 10.2 Å². The van der Waals surface area contributed by atoms with Crippen molar-refractivity contribution < 1.29 is 4.79 Å². The van der Waals surface area contributed by atoms with Gasteiger partial charge in [0, 0.05) is 30.7 Å². The molecule has 7 heteroatoms. The van der Waals surface area contributed by atoms with E-state index in [9.17, 15) is 9.59 Å². The Morgan fingerprint density at radius 3 is 2.31 bits per heavy atom. The first-order chi connectivity index (χ1) is 15.6. The minimum absolute atomic E-state index is 0.190. The second-order valence-electron chi connectivity index (χ2n) is 8.10. The zero-order valence-corrected chi connectivity index (χ0v) is 18.7. The Morgan fingerprint density at radius 1 is 1.00 bits per heavy atom. The molecule has 1 aromatic heterocycles. The molecule has 1 N–H and O–H groups in total. The molecule has 2 heterocycles. The standard InChI is InChI=1S/C25H29N5O2/c1-3-30-25(32)22-11-7-6-10-21(22)23(28-30)24(31)27-26-18(2)19-12-14-20(15-13-19)29-16-8-4-5-9-17-29/h6-7,10-15H,3-5,8-9,16-17H2,1-2H3,(H,27,31)/b26-18+. The Kier molecular flexibility index (Phi) is 6.63. The third-order valence-electron chi connectivity index (χ3n) is 5.96. The Balaban J connectivity index is 1.52. The number of amides is 1. The van der Waals surface area contributed by atoms with Crippen LogP contribution in [0.1, 0.15) is 55.6 Å². The van der Waals surface area contributed by atoms with E-state index in [1.54, 1.807) is 24.3 Å². The van der Waals surface area contributed by atoms with Crippen molar-refractivity contribution in [3.8, 4) is 0 Å². The SMILES string of the molecule is CCn1nc(C(=O)N/N=C(\C)c2ccc(N3CCCCCC3)cc2)c2ccccc2c1=O. The Bertz CT molecular complexity index is 1190. The van der Waals surface area contributed by atoms with E-state index in [0.29, 0.717) is 23.0 Å². The summed E-state index contributed by atoms with van der Waals surface area (Å²) in [6.45, 7) is 6.27. The molecule has 1 fully saturated rings. The average Bonchev–Trinajstić information content (AvgIpc) is 3.12. The monoisotopic (exact) mass is 431 g/mol. The quantitative estimate of drug-likeness (QED) is 0.490. The van der Waals surface area contributed by atoms with Gasteiger partial charge in [-0.1, -0.05) is 43.2 Å². The number of hydrazone groups is 1. The summed E-state index contributed by atoms with van der Waals surface area (Å²) in [4.78, 5) is 27.8. The van der Waals surface area contributed by atoms with Gasteiger partial charge in [0.2, 0.25) is 0 Å². The van der Waals surface area contributed by atoms with Crippen LogP contribution in [0, 0.1) is 0 Å². The molecule has 4 rings (SSSR count). The van der Waals surface area contributed by atoms with E-state index >= 15 is 0 Å². The van der Waals surface area contributed by atoms with Gasteiger partial charge in [0.25, 0.3) is 11.5 Å². The third-order valence-corrected chi connectivity index (χ3v) is 5.96. The first kappa shape index (κ1) is 21.7. The maximum absolute atomic E-state index is 12.9. The zero-order valence-electron chi connectivity index (χ0n) is 18.7. The molecule has 0 spiro atoms. The maximum Gasteiger partial charge on any atom is 0.292 e. The number of carbonyl (C=O) groups excluding carboxylic acids is 1.